The Hall–Kier alpha value is -4.01. The molecule has 174 valence electrons. The zero-order chi connectivity index (χ0) is 24.5. The molecule has 4 rings (SSSR count). The van der Waals surface area contributed by atoms with Gasteiger partial charge in [-0.05, 0) is 49.7 Å². The molecule has 0 saturated carbocycles. The van der Waals surface area contributed by atoms with Crippen LogP contribution in [0.15, 0.2) is 71.7 Å². The molecular weight excluding hydrogens is 445 g/mol. The molecule has 1 amide bonds. The van der Waals surface area contributed by atoms with Crippen LogP contribution >= 0.6 is 0 Å². The van der Waals surface area contributed by atoms with Crippen molar-refractivity contribution in [2.24, 2.45) is 0 Å². The summed E-state index contributed by atoms with van der Waals surface area (Å²) in [5.74, 6) is -0.529. The molecule has 0 aliphatic carbocycles. The summed E-state index contributed by atoms with van der Waals surface area (Å²) in [7, 11) is 0. The number of carbonyl (C=O) groups is 1. The average molecular weight is 466 g/mol. The number of amides is 1. The lowest BCUT2D eigenvalue weighted by molar-refractivity contribution is -0.138. The van der Waals surface area contributed by atoms with E-state index in [4.69, 9.17) is 0 Å². The number of rotatable bonds is 5. The summed E-state index contributed by atoms with van der Waals surface area (Å²) < 4.78 is 41.0. The first-order valence-electron chi connectivity index (χ1n) is 10.6. The third kappa shape index (κ3) is 4.54. The van der Waals surface area contributed by atoms with Gasteiger partial charge in [0.15, 0.2) is 5.65 Å². The van der Waals surface area contributed by atoms with Crippen molar-refractivity contribution < 1.29 is 18.0 Å². The largest absolute Gasteiger partial charge is 0.416 e. The summed E-state index contributed by atoms with van der Waals surface area (Å²) in [5, 5.41) is 2.52. The first-order valence-corrected chi connectivity index (χ1v) is 10.6. The van der Waals surface area contributed by atoms with Crippen LogP contribution < -0.4 is 10.9 Å². The molecule has 2 aromatic carbocycles. The Kier molecular flexibility index (Phi) is 6.19. The Morgan fingerprint density at radius 2 is 1.74 bits per heavy atom. The highest BCUT2D eigenvalue weighted by Gasteiger charge is 2.32. The zero-order valence-corrected chi connectivity index (χ0v) is 18.4. The molecule has 34 heavy (non-hydrogen) atoms. The van der Waals surface area contributed by atoms with Crippen molar-refractivity contribution in [3.8, 4) is 11.3 Å². The Morgan fingerprint density at radius 3 is 2.41 bits per heavy atom. The molecule has 6 nitrogen and oxygen atoms in total. The van der Waals surface area contributed by atoms with Gasteiger partial charge in [0.25, 0.3) is 11.5 Å². The van der Waals surface area contributed by atoms with E-state index in [1.807, 2.05) is 13.8 Å². The first-order chi connectivity index (χ1) is 16.2. The molecule has 0 unspecified atom stereocenters. The summed E-state index contributed by atoms with van der Waals surface area (Å²) in [4.78, 5) is 34.4. The maximum atomic E-state index is 13.2. The van der Waals surface area contributed by atoms with E-state index in [9.17, 15) is 22.8 Å². The van der Waals surface area contributed by atoms with Crippen LogP contribution in [-0.2, 0) is 12.7 Å². The molecule has 2 heterocycles. The van der Waals surface area contributed by atoms with E-state index in [2.05, 4.69) is 15.3 Å². The highest BCUT2D eigenvalue weighted by Crippen LogP contribution is 2.31. The second-order valence-electron chi connectivity index (χ2n) is 7.99. The number of pyridine rings is 1. The normalized spacial score (nSPS) is 11.7. The highest BCUT2D eigenvalue weighted by molar-refractivity contribution is 5.94. The summed E-state index contributed by atoms with van der Waals surface area (Å²) >= 11 is 0. The highest BCUT2D eigenvalue weighted by atomic mass is 19.4. The van der Waals surface area contributed by atoms with Gasteiger partial charge < -0.3 is 5.32 Å². The fourth-order valence-electron chi connectivity index (χ4n) is 3.72. The first kappa shape index (κ1) is 23.2. The smallest absolute Gasteiger partial charge is 0.348 e. The van der Waals surface area contributed by atoms with Gasteiger partial charge in [-0.2, -0.15) is 13.2 Å². The average Bonchev–Trinajstić information content (AvgIpc) is 2.81. The van der Waals surface area contributed by atoms with Crippen LogP contribution in [0.5, 0.6) is 0 Å². The van der Waals surface area contributed by atoms with Gasteiger partial charge in [0.2, 0.25) is 0 Å². The van der Waals surface area contributed by atoms with E-state index >= 15 is 0 Å². The van der Waals surface area contributed by atoms with Crippen LogP contribution in [0, 0.1) is 0 Å². The monoisotopic (exact) mass is 466 g/mol. The number of hydrogen-bond donors (Lipinski definition) is 1. The molecule has 0 saturated heterocycles. The van der Waals surface area contributed by atoms with Gasteiger partial charge in [-0.15, -0.1) is 0 Å². The molecule has 4 aromatic rings. The molecule has 0 spiro atoms. The molecule has 0 atom stereocenters. The predicted molar refractivity (Wildman–Crippen MR) is 122 cm³/mol. The number of alkyl halides is 3. The van der Waals surface area contributed by atoms with Gasteiger partial charge in [-0.25, -0.2) is 9.97 Å². The molecule has 9 heteroatoms. The van der Waals surface area contributed by atoms with Gasteiger partial charge in [-0.1, -0.05) is 30.3 Å². The minimum absolute atomic E-state index is 0.0248. The van der Waals surface area contributed by atoms with Crippen LogP contribution in [0.25, 0.3) is 22.4 Å². The third-order valence-corrected chi connectivity index (χ3v) is 5.35. The number of aromatic nitrogens is 3. The molecule has 0 fully saturated rings. The number of fused-ring (bicyclic) bond motifs is 1. The van der Waals surface area contributed by atoms with Crippen molar-refractivity contribution in [2.75, 3.05) is 0 Å². The quantitative estimate of drug-likeness (QED) is 0.450. The zero-order valence-electron chi connectivity index (χ0n) is 18.4. The minimum atomic E-state index is -4.51. The SMILES string of the molecule is CC(C)n1c(=O)c(-c2ccc(C(=O)NCc3ccccc3C(F)(F)F)cc2)nc2cccnc21. The topological polar surface area (TPSA) is 76.9 Å². The van der Waals surface area contributed by atoms with E-state index in [-0.39, 0.29) is 35.0 Å². The second kappa shape index (κ2) is 9.09. The van der Waals surface area contributed by atoms with Crippen molar-refractivity contribution in [1.82, 2.24) is 19.9 Å². The van der Waals surface area contributed by atoms with Crippen LogP contribution in [0.1, 0.15) is 41.4 Å². The van der Waals surface area contributed by atoms with Gasteiger partial charge >= 0.3 is 6.18 Å². The Labute approximate surface area is 193 Å². The van der Waals surface area contributed by atoms with E-state index < -0.39 is 17.6 Å². The summed E-state index contributed by atoms with van der Waals surface area (Å²) in [5.41, 5.74) is 0.927. The molecule has 0 radical (unpaired) electrons. The van der Waals surface area contributed by atoms with Crippen molar-refractivity contribution in [3.05, 3.63) is 93.9 Å². The lowest BCUT2D eigenvalue weighted by Gasteiger charge is -2.15. The van der Waals surface area contributed by atoms with Crippen LogP contribution in [0.3, 0.4) is 0 Å². The summed E-state index contributed by atoms with van der Waals surface area (Å²) in [6, 6.07) is 14.7. The fourth-order valence-corrected chi connectivity index (χ4v) is 3.72. The van der Waals surface area contributed by atoms with Crippen molar-refractivity contribution in [2.45, 2.75) is 32.6 Å². The van der Waals surface area contributed by atoms with Crippen LogP contribution in [0.2, 0.25) is 0 Å². The van der Waals surface area contributed by atoms with Crippen LogP contribution in [-0.4, -0.2) is 20.4 Å². The molecule has 0 aliphatic heterocycles. The second-order valence-corrected chi connectivity index (χ2v) is 7.99. The number of benzene rings is 2. The van der Waals surface area contributed by atoms with E-state index in [0.29, 0.717) is 16.7 Å². The molecular formula is C25H21F3N4O2. The van der Waals surface area contributed by atoms with E-state index in [1.54, 1.807) is 35.0 Å². The Morgan fingerprint density at radius 1 is 1.03 bits per heavy atom. The van der Waals surface area contributed by atoms with Gasteiger partial charge in [0.05, 0.1) is 5.56 Å². The van der Waals surface area contributed by atoms with Gasteiger partial charge in [0.1, 0.15) is 11.2 Å². The summed E-state index contributed by atoms with van der Waals surface area (Å²) in [6.07, 6.45) is -2.91. The summed E-state index contributed by atoms with van der Waals surface area (Å²) in [6.45, 7) is 3.49. The van der Waals surface area contributed by atoms with Crippen molar-refractivity contribution >= 4 is 17.1 Å². The minimum Gasteiger partial charge on any atom is -0.348 e. The van der Waals surface area contributed by atoms with Crippen molar-refractivity contribution in [3.63, 3.8) is 0 Å². The molecule has 2 aromatic heterocycles. The Balaban J connectivity index is 1.59. The number of hydrogen-bond acceptors (Lipinski definition) is 4. The Bertz CT molecular complexity index is 1410. The number of carbonyl (C=O) groups excluding carboxylic acids is 1. The lowest BCUT2D eigenvalue weighted by atomic mass is 10.1. The number of nitrogens with zero attached hydrogens (tertiary/aromatic N) is 3. The molecule has 1 N–H and O–H groups in total. The predicted octanol–water partition coefficient (Wildman–Crippen LogP) is 4.99. The third-order valence-electron chi connectivity index (χ3n) is 5.35. The van der Waals surface area contributed by atoms with Crippen LogP contribution in [0.4, 0.5) is 13.2 Å². The number of halogens is 3. The lowest BCUT2D eigenvalue weighted by Crippen LogP contribution is -2.26. The maximum absolute atomic E-state index is 13.2. The van der Waals surface area contributed by atoms with E-state index in [0.717, 1.165) is 6.07 Å². The van der Waals surface area contributed by atoms with Gasteiger partial charge in [-0.3, -0.25) is 14.2 Å². The standard InChI is InChI=1S/C25H21F3N4O2/c1-15(2)32-22-20(8-5-13-29-22)31-21(24(32)34)16-9-11-17(12-10-16)23(33)30-14-18-6-3-4-7-19(18)25(26,27)28/h3-13,15H,14H2,1-2H3,(H,30,33). The van der Waals surface area contributed by atoms with Crippen molar-refractivity contribution in [1.29, 1.82) is 0 Å². The molecule has 0 aliphatic rings. The fraction of sp³-hybridized carbons (Fsp3) is 0.200. The van der Waals surface area contributed by atoms with Gasteiger partial charge in [0, 0.05) is 29.9 Å². The maximum Gasteiger partial charge on any atom is 0.416 e. The van der Waals surface area contributed by atoms with E-state index in [1.165, 1.54) is 30.3 Å². The number of nitrogens with one attached hydrogen (secondary N) is 1. The molecule has 0 bridgehead atoms.